The van der Waals surface area contributed by atoms with Crippen molar-refractivity contribution in [2.75, 3.05) is 18.6 Å². The van der Waals surface area contributed by atoms with Gasteiger partial charge < -0.3 is 37.2 Å². The third-order valence-electron chi connectivity index (χ3n) is 6.06. The van der Waals surface area contributed by atoms with E-state index in [1.165, 1.54) is 30.8 Å². The zero-order valence-electron chi connectivity index (χ0n) is 23.0. The Morgan fingerprint density at radius 2 is 1.46 bits per heavy atom. The quantitative estimate of drug-likeness (QED) is 0.140. The highest BCUT2D eigenvalue weighted by atomic mass is 32.2. The van der Waals surface area contributed by atoms with Crippen LogP contribution in [0.1, 0.15) is 24.5 Å². The van der Waals surface area contributed by atoms with Gasteiger partial charge in [-0.05, 0) is 55.0 Å². The Hall–Kier alpha value is -4.10. The fourth-order valence-electron chi connectivity index (χ4n) is 3.75. The molecule has 13 heteroatoms. The topological polar surface area (TPSA) is 200 Å². The lowest BCUT2D eigenvalue weighted by Gasteiger charge is -2.22. The van der Waals surface area contributed by atoms with Crippen molar-refractivity contribution in [3.8, 4) is 5.75 Å². The van der Waals surface area contributed by atoms with Crippen molar-refractivity contribution in [3.05, 3.63) is 65.7 Å². The van der Waals surface area contributed by atoms with Crippen LogP contribution in [0, 0.1) is 0 Å². The van der Waals surface area contributed by atoms with Crippen LogP contribution in [-0.2, 0) is 36.8 Å². The van der Waals surface area contributed by atoms with Gasteiger partial charge in [0.15, 0.2) is 0 Å². The Morgan fingerprint density at radius 1 is 0.829 bits per heavy atom. The van der Waals surface area contributed by atoms with Gasteiger partial charge in [0.2, 0.25) is 23.6 Å². The van der Waals surface area contributed by atoms with Crippen LogP contribution in [0.2, 0.25) is 0 Å². The number of phenolic OH excluding ortho intramolecular Hbond substituents is 1. The SMILES string of the molecule is CSCC[C@@H](NC(=O)[C@@H](Cc1ccccc1)NC(=O)CNC(=O)[C@H](C)NC(=O)[C@H](N)Cc1ccc(O)cc1)C(=O)O. The molecular weight excluding hydrogens is 550 g/mol. The van der Waals surface area contributed by atoms with Gasteiger partial charge in [0.1, 0.15) is 23.9 Å². The van der Waals surface area contributed by atoms with Gasteiger partial charge >= 0.3 is 5.97 Å². The molecule has 0 fully saturated rings. The van der Waals surface area contributed by atoms with Crippen molar-refractivity contribution in [1.29, 1.82) is 0 Å². The number of phenols is 1. The number of hydrogen-bond donors (Lipinski definition) is 7. The molecule has 0 aromatic heterocycles. The maximum absolute atomic E-state index is 13.0. The molecule has 222 valence electrons. The zero-order chi connectivity index (χ0) is 30.4. The Morgan fingerprint density at radius 3 is 2.07 bits per heavy atom. The molecule has 0 radical (unpaired) electrons. The Balaban J connectivity index is 1.93. The summed E-state index contributed by atoms with van der Waals surface area (Å²) in [5.74, 6) is -3.11. The highest BCUT2D eigenvalue weighted by molar-refractivity contribution is 7.98. The van der Waals surface area contributed by atoms with Crippen molar-refractivity contribution in [1.82, 2.24) is 21.3 Å². The maximum atomic E-state index is 13.0. The number of carboxylic acid groups (broad SMARTS) is 1. The summed E-state index contributed by atoms with van der Waals surface area (Å²) >= 11 is 1.45. The number of rotatable bonds is 16. The van der Waals surface area contributed by atoms with Gasteiger partial charge in [-0.15, -0.1) is 0 Å². The summed E-state index contributed by atoms with van der Waals surface area (Å²) in [4.78, 5) is 62.2. The fourth-order valence-corrected chi connectivity index (χ4v) is 4.23. The van der Waals surface area contributed by atoms with Gasteiger partial charge in [0, 0.05) is 6.42 Å². The molecule has 4 atom stereocenters. The zero-order valence-corrected chi connectivity index (χ0v) is 23.8. The monoisotopic (exact) mass is 587 g/mol. The molecule has 0 bridgehead atoms. The van der Waals surface area contributed by atoms with E-state index in [1.54, 1.807) is 42.5 Å². The predicted octanol–water partition coefficient (Wildman–Crippen LogP) is -0.0671. The molecule has 0 heterocycles. The van der Waals surface area contributed by atoms with Crippen LogP contribution in [0.5, 0.6) is 5.75 Å². The van der Waals surface area contributed by atoms with Crippen LogP contribution >= 0.6 is 11.8 Å². The van der Waals surface area contributed by atoms with E-state index in [4.69, 9.17) is 5.73 Å². The summed E-state index contributed by atoms with van der Waals surface area (Å²) in [6.07, 6.45) is 2.33. The summed E-state index contributed by atoms with van der Waals surface area (Å²) < 4.78 is 0. The third kappa shape index (κ3) is 11.9. The summed E-state index contributed by atoms with van der Waals surface area (Å²) in [5.41, 5.74) is 7.41. The van der Waals surface area contributed by atoms with E-state index in [9.17, 15) is 34.2 Å². The number of carbonyl (C=O) groups excluding carboxylic acids is 4. The Labute approximate surface area is 242 Å². The molecule has 0 aliphatic rings. The molecule has 2 aromatic carbocycles. The van der Waals surface area contributed by atoms with Gasteiger partial charge in [0.25, 0.3) is 0 Å². The first-order valence-corrected chi connectivity index (χ1v) is 14.4. The minimum absolute atomic E-state index is 0.0868. The van der Waals surface area contributed by atoms with Gasteiger partial charge in [-0.3, -0.25) is 19.2 Å². The number of amides is 4. The normalized spacial score (nSPS) is 13.6. The molecule has 0 saturated carbocycles. The molecule has 0 unspecified atom stereocenters. The number of nitrogens with one attached hydrogen (secondary N) is 4. The van der Waals surface area contributed by atoms with Crippen molar-refractivity contribution in [3.63, 3.8) is 0 Å². The van der Waals surface area contributed by atoms with Crippen molar-refractivity contribution < 1.29 is 34.2 Å². The van der Waals surface area contributed by atoms with E-state index in [-0.39, 0.29) is 25.0 Å². The number of benzene rings is 2. The van der Waals surface area contributed by atoms with Crippen molar-refractivity contribution in [2.45, 2.75) is 50.4 Å². The number of carbonyl (C=O) groups is 5. The van der Waals surface area contributed by atoms with E-state index < -0.39 is 60.3 Å². The number of aromatic hydroxyl groups is 1. The van der Waals surface area contributed by atoms with Crippen LogP contribution in [0.4, 0.5) is 0 Å². The molecule has 0 saturated heterocycles. The standard InChI is InChI=1S/C28H37N5O7S/c1-17(31-26(37)21(29)14-19-8-10-20(34)11-9-19)25(36)30-16-24(35)32-23(15-18-6-4-3-5-7-18)27(38)33-22(28(39)40)12-13-41-2/h3-11,17,21-23,34H,12-16,29H2,1-2H3,(H,30,36)(H,31,37)(H,32,35)(H,33,38)(H,39,40)/t17-,21+,22+,23+/m0/s1. The first kappa shape index (κ1) is 33.1. The van der Waals surface area contributed by atoms with E-state index >= 15 is 0 Å². The second-order valence-corrected chi connectivity index (χ2v) is 10.4. The summed E-state index contributed by atoms with van der Waals surface area (Å²) in [6.45, 7) is 0.955. The van der Waals surface area contributed by atoms with Gasteiger partial charge in [-0.2, -0.15) is 11.8 Å². The van der Waals surface area contributed by atoms with Crippen LogP contribution in [0.15, 0.2) is 54.6 Å². The number of thioether (sulfide) groups is 1. The second kappa shape index (κ2) is 16.9. The average Bonchev–Trinajstić information content (AvgIpc) is 2.94. The molecule has 12 nitrogen and oxygen atoms in total. The number of aliphatic carboxylic acids is 1. The summed E-state index contributed by atoms with van der Waals surface area (Å²) in [5, 5.41) is 28.8. The van der Waals surface area contributed by atoms with E-state index in [0.717, 1.165) is 11.1 Å². The van der Waals surface area contributed by atoms with Crippen molar-refractivity contribution >= 4 is 41.4 Å². The van der Waals surface area contributed by atoms with Gasteiger partial charge in [0.05, 0.1) is 12.6 Å². The molecule has 0 aliphatic carbocycles. The van der Waals surface area contributed by atoms with Crippen LogP contribution in [0.25, 0.3) is 0 Å². The molecule has 0 spiro atoms. The highest BCUT2D eigenvalue weighted by Crippen LogP contribution is 2.11. The molecule has 8 N–H and O–H groups in total. The highest BCUT2D eigenvalue weighted by Gasteiger charge is 2.27. The summed E-state index contributed by atoms with van der Waals surface area (Å²) in [7, 11) is 0. The smallest absolute Gasteiger partial charge is 0.326 e. The first-order chi connectivity index (χ1) is 19.5. The minimum Gasteiger partial charge on any atom is -0.508 e. The number of carboxylic acids is 1. The largest absolute Gasteiger partial charge is 0.508 e. The lowest BCUT2D eigenvalue weighted by molar-refractivity contribution is -0.142. The van der Waals surface area contributed by atoms with Gasteiger partial charge in [-0.25, -0.2) is 4.79 Å². The molecule has 4 amide bonds. The van der Waals surface area contributed by atoms with Gasteiger partial charge in [-0.1, -0.05) is 42.5 Å². The predicted molar refractivity (Wildman–Crippen MR) is 155 cm³/mol. The minimum atomic E-state index is -1.18. The molecular formula is C28H37N5O7S. The third-order valence-corrected chi connectivity index (χ3v) is 6.71. The molecule has 2 aromatic rings. The van der Waals surface area contributed by atoms with Crippen LogP contribution in [-0.4, -0.2) is 82.5 Å². The maximum Gasteiger partial charge on any atom is 0.326 e. The Kier molecular flexibility index (Phi) is 13.6. The van der Waals surface area contributed by atoms with E-state index in [1.807, 2.05) is 6.26 Å². The van der Waals surface area contributed by atoms with Crippen LogP contribution in [0.3, 0.4) is 0 Å². The van der Waals surface area contributed by atoms with Crippen molar-refractivity contribution in [2.24, 2.45) is 5.73 Å². The average molecular weight is 588 g/mol. The fraction of sp³-hybridized carbons (Fsp3) is 0.393. The van der Waals surface area contributed by atoms with E-state index in [0.29, 0.717) is 5.75 Å². The molecule has 41 heavy (non-hydrogen) atoms. The first-order valence-electron chi connectivity index (χ1n) is 13.0. The molecule has 2 rings (SSSR count). The number of hydrogen-bond acceptors (Lipinski definition) is 8. The Bertz CT molecular complexity index is 1180. The van der Waals surface area contributed by atoms with E-state index in [2.05, 4.69) is 21.3 Å². The number of nitrogens with two attached hydrogens (primary N) is 1. The molecule has 0 aliphatic heterocycles. The summed E-state index contributed by atoms with van der Waals surface area (Å²) in [6, 6.07) is 11.0. The lowest BCUT2D eigenvalue weighted by atomic mass is 10.0. The second-order valence-electron chi connectivity index (χ2n) is 9.42. The lowest BCUT2D eigenvalue weighted by Crippen LogP contribution is -2.55. The van der Waals surface area contributed by atoms with Crippen LogP contribution < -0.4 is 27.0 Å².